The lowest BCUT2D eigenvalue weighted by Crippen LogP contribution is -2.12. The summed E-state index contributed by atoms with van der Waals surface area (Å²) in [7, 11) is 0. The number of aromatic amines is 3. The summed E-state index contributed by atoms with van der Waals surface area (Å²) in [6, 6.07) is 21.4. The summed E-state index contributed by atoms with van der Waals surface area (Å²) in [5, 5.41) is 27.9. The monoisotopic (exact) mass is 882 g/mol. The van der Waals surface area contributed by atoms with E-state index in [4.69, 9.17) is 76.4 Å². The number of halogens is 4. The van der Waals surface area contributed by atoms with Crippen LogP contribution in [0, 0.1) is 34.0 Å². The SMILES string of the molecule is C=Cc1c(Oc2cc(Cl)cc(C#N)c2)c(CC)c[nH]c1=O.CCc1c[nH]c(=O)c(Cl)c1Oc1cc(Cl)cc(C#N)c1.CCc1c[nH]c(=O)cc1Oc1cc(Cl)cc(C#N)c1. The lowest BCUT2D eigenvalue weighted by Gasteiger charge is -2.13. The number of H-pyrrole nitrogens is 3. The third kappa shape index (κ3) is 12.4. The van der Waals surface area contributed by atoms with Crippen molar-refractivity contribution in [1.29, 1.82) is 15.8 Å². The van der Waals surface area contributed by atoms with E-state index in [1.807, 2.05) is 39.0 Å². The fraction of sp³-hybridized carbons (Fsp3) is 0.136. The fourth-order valence-electron chi connectivity index (χ4n) is 5.31. The first-order chi connectivity index (χ1) is 28.7. The maximum absolute atomic E-state index is 11.8. The molecule has 0 amide bonds. The van der Waals surface area contributed by atoms with E-state index in [0.29, 0.717) is 78.9 Å². The molecule has 0 fully saturated rings. The maximum Gasteiger partial charge on any atom is 0.270 e. The van der Waals surface area contributed by atoms with Gasteiger partial charge < -0.3 is 29.2 Å². The maximum atomic E-state index is 11.8. The first kappa shape index (κ1) is 46.0. The first-order valence-electron chi connectivity index (χ1n) is 17.9. The summed E-state index contributed by atoms with van der Waals surface area (Å²) in [5.41, 5.74) is 3.04. The molecule has 0 saturated heterocycles. The van der Waals surface area contributed by atoms with Crippen molar-refractivity contribution in [2.75, 3.05) is 0 Å². The number of aryl methyl sites for hydroxylation is 3. The van der Waals surface area contributed by atoms with Crippen LogP contribution in [0.1, 0.15) is 59.7 Å². The van der Waals surface area contributed by atoms with E-state index in [1.165, 1.54) is 24.3 Å². The van der Waals surface area contributed by atoms with Gasteiger partial charge in [0.05, 0.1) is 40.5 Å². The number of hydrogen-bond donors (Lipinski definition) is 3. The number of nitriles is 3. The van der Waals surface area contributed by atoms with Crippen LogP contribution in [0.15, 0.2) is 100 Å². The molecule has 0 aliphatic heterocycles. The second kappa shape index (κ2) is 21.9. The van der Waals surface area contributed by atoms with E-state index in [2.05, 4.69) is 21.5 Å². The zero-order chi connectivity index (χ0) is 43.9. The van der Waals surface area contributed by atoms with E-state index in [-0.39, 0.29) is 21.9 Å². The van der Waals surface area contributed by atoms with Crippen molar-refractivity contribution >= 4 is 52.5 Å². The van der Waals surface area contributed by atoms with E-state index in [1.54, 1.807) is 61.1 Å². The number of hydrogen-bond acceptors (Lipinski definition) is 9. The molecule has 3 aromatic carbocycles. The summed E-state index contributed by atoms with van der Waals surface area (Å²) < 4.78 is 17.1. The number of aromatic nitrogens is 3. The largest absolute Gasteiger partial charge is 0.457 e. The van der Waals surface area contributed by atoms with Crippen molar-refractivity contribution in [1.82, 2.24) is 15.0 Å². The molecule has 304 valence electrons. The Bertz CT molecular complexity index is 2850. The number of ether oxygens (including phenoxy) is 3. The molecule has 60 heavy (non-hydrogen) atoms. The molecule has 3 N–H and O–H groups in total. The van der Waals surface area contributed by atoms with Crippen molar-refractivity contribution in [2.45, 2.75) is 40.0 Å². The number of benzene rings is 3. The van der Waals surface area contributed by atoms with Crippen LogP contribution in [0.4, 0.5) is 0 Å². The van der Waals surface area contributed by atoms with Crippen LogP contribution in [-0.4, -0.2) is 15.0 Å². The quantitative estimate of drug-likeness (QED) is 0.120. The topological polar surface area (TPSA) is 198 Å². The van der Waals surface area contributed by atoms with Gasteiger partial charge in [-0.1, -0.05) is 79.8 Å². The Kier molecular flexibility index (Phi) is 16.8. The Labute approximate surface area is 364 Å². The highest BCUT2D eigenvalue weighted by Gasteiger charge is 2.15. The second-order valence-electron chi connectivity index (χ2n) is 12.3. The highest BCUT2D eigenvalue weighted by molar-refractivity contribution is 6.32. The van der Waals surface area contributed by atoms with Crippen molar-refractivity contribution in [3.05, 3.63) is 176 Å². The third-order valence-electron chi connectivity index (χ3n) is 8.21. The zero-order valence-electron chi connectivity index (χ0n) is 32.2. The summed E-state index contributed by atoms with van der Waals surface area (Å²) in [6.07, 6.45) is 8.27. The standard InChI is InChI=1S/C16H13ClN2O2.C14H10Cl2N2O2.C14H11ClN2O2/c1-3-11-9-19-16(20)14(4-2)15(11)21-13-6-10(8-18)5-12(17)7-13;1-2-9-7-18-14(19)12(16)13(9)20-11-4-8(6-17)3-10(15)5-11;1-2-10-8-17-14(18)6-13(10)19-12-4-9(7-16)3-11(15)5-12/h4-7,9H,2-3H2,1H3,(H,19,20);3-5,7H,2H2,1H3,(H,18,19);3-6,8H,2H2,1H3,(H,17,18). The highest BCUT2D eigenvalue weighted by atomic mass is 35.5. The number of nitrogens with zero attached hydrogens (tertiary/aromatic N) is 3. The molecule has 0 spiro atoms. The normalized spacial score (nSPS) is 10.0. The molecule has 0 radical (unpaired) electrons. The summed E-state index contributed by atoms with van der Waals surface area (Å²) in [6.45, 7) is 9.46. The average molecular weight is 885 g/mol. The molecule has 6 rings (SSSR count). The zero-order valence-corrected chi connectivity index (χ0v) is 35.2. The van der Waals surface area contributed by atoms with Gasteiger partial charge in [-0.05, 0) is 73.9 Å². The number of rotatable bonds is 10. The molecule has 0 aliphatic carbocycles. The third-order valence-corrected chi connectivity index (χ3v) is 9.21. The van der Waals surface area contributed by atoms with Crippen molar-refractivity contribution < 1.29 is 14.2 Å². The molecular weight excluding hydrogens is 850 g/mol. The lowest BCUT2D eigenvalue weighted by atomic mass is 10.1. The predicted octanol–water partition coefficient (Wildman–Crippen LogP) is 11.1. The van der Waals surface area contributed by atoms with E-state index in [0.717, 1.165) is 23.1 Å². The molecule has 3 heterocycles. The molecule has 0 aliphatic rings. The Balaban J connectivity index is 0.000000199. The molecule has 0 bridgehead atoms. The van der Waals surface area contributed by atoms with Gasteiger partial charge in [0, 0.05) is 56.4 Å². The minimum absolute atomic E-state index is 0.0252. The van der Waals surface area contributed by atoms with Gasteiger partial charge in [0.2, 0.25) is 0 Å². The van der Waals surface area contributed by atoms with Gasteiger partial charge in [-0.2, -0.15) is 15.8 Å². The predicted molar refractivity (Wildman–Crippen MR) is 233 cm³/mol. The summed E-state index contributed by atoms with van der Waals surface area (Å²) >= 11 is 23.7. The average Bonchev–Trinajstić information content (AvgIpc) is 3.22. The van der Waals surface area contributed by atoms with Gasteiger partial charge in [-0.3, -0.25) is 14.4 Å². The van der Waals surface area contributed by atoms with Gasteiger partial charge in [-0.25, -0.2) is 0 Å². The van der Waals surface area contributed by atoms with Crippen LogP contribution in [0.2, 0.25) is 20.1 Å². The van der Waals surface area contributed by atoms with Gasteiger partial charge in [-0.15, -0.1) is 0 Å². The molecule has 0 atom stereocenters. The fourth-order valence-corrected chi connectivity index (χ4v) is 6.20. The van der Waals surface area contributed by atoms with Crippen molar-refractivity contribution in [3.63, 3.8) is 0 Å². The minimum atomic E-state index is -0.429. The molecular formula is C44H34Cl4N6O6. The van der Waals surface area contributed by atoms with Gasteiger partial charge in [0.25, 0.3) is 16.7 Å². The summed E-state index contributed by atoms with van der Waals surface area (Å²) in [4.78, 5) is 42.5. The van der Waals surface area contributed by atoms with Crippen LogP contribution >= 0.6 is 46.4 Å². The Hall–Kier alpha value is -6.72. The van der Waals surface area contributed by atoms with Crippen LogP contribution in [0.5, 0.6) is 34.5 Å². The van der Waals surface area contributed by atoms with Crippen LogP contribution in [0.25, 0.3) is 6.08 Å². The number of pyridine rings is 3. The van der Waals surface area contributed by atoms with Crippen molar-refractivity contribution in [3.8, 4) is 52.7 Å². The van der Waals surface area contributed by atoms with E-state index < -0.39 is 5.56 Å². The minimum Gasteiger partial charge on any atom is -0.457 e. The number of nitrogens with one attached hydrogen (secondary N) is 3. The first-order valence-corrected chi connectivity index (χ1v) is 19.4. The van der Waals surface area contributed by atoms with Gasteiger partial charge in [0.15, 0.2) is 5.75 Å². The Morgan fingerprint density at radius 1 is 0.567 bits per heavy atom. The summed E-state index contributed by atoms with van der Waals surface area (Å²) in [5.74, 6) is 2.38. The van der Waals surface area contributed by atoms with Crippen LogP contribution in [0.3, 0.4) is 0 Å². The van der Waals surface area contributed by atoms with E-state index in [9.17, 15) is 14.4 Å². The molecule has 6 aromatic rings. The molecule has 3 aromatic heterocycles. The molecule has 0 unspecified atom stereocenters. The van der Waals surface area contributed by atoms with Gasteiger partial charge >= 0.3 is 0 Å². The van der Waals surface area contributed by atoms with Crippen LogP contribution in [-0.2, 0) is 19.3 Å². The smallest absolute Gasteiger partial charge is 0.270 e. The Morgan fingerprint density at radius 2 is 0.983 bits per heavy atom. The van der Waals surface area contributed by atoms with E-state index >= 15 is 0 Å². The molecule has 12 nitrogen and oxygen atoms in total. The molecule has 0 saturated carbocycles. The Morgan fingerprint density at radius 3 is 1.43 bits per heavy atom. The van der Waals surface area contributed by atoms with Crippen molar-refractivity contribution in [2.24, 2.45) is 0 Å². The van der Waals surface area contributed by atoms with Gasteiger partial charge in [0.1, 0.15) is 33.8 Å². The lowest BCUT2D eigenvalue weighted by molar-refractivity contribution is 0.473. The second-order valence-corrected chi connectivity index (χ2v) is 14.0. The molecule has 16 heteroatoms. The van der Waals surface area contributed by atoms with Crippen LogP contribution < -0.4 is 30.9 Å². The highest BCUT2D eigenvalue weighted by Crippen LogP contribution is 2.33.